The summed E-state index contributed by atoms with van der Waals surface area (Å²) in [5.74, 6) is 0.218. The van der Waals surface area contributed by atoms with Crippen molar-refractivity contribution in [2.45, 2.75) is 25.8 Å². The Kier molecular flexibility index (Phi) is 3.00. The SMILES string of the molecule is CCN1C(N)=NCC1(CC)c1ccc(F)cn1. The Morgan fingerprint density at radius 1 is 1.47 bits per heavy atom. The van der Waals surface area contributed by atoms with Crippen LogP contribution in [0.2, 0.25) is 0 Å². The summed E-state index contributed by atoms with van der Waals surface area (Å²) in [6, 6.07) is 3.15. The van der Waals surface area contributed by atoms with Crippen LogP contribution < -0.4 is 5.73 Å². The first-order valence-corrected chi connectivity index (χ1v) is 5.83. The monoisotopic (exact) mass is 236 g/mol. The topological polar surface area (TPSA) is 54.5 Å². The zero-order valence-corrected chi connectivity index (χ0v) is 10.2. The third kappa shape index (κ3) is 1.75. The summed E-state index contributed by atoms with van der Waals surface area (Å²) >= 11 is 0. The molecule has 4 nitrogen and oxygen atoms in total. The molecule has 0 bridgehead atoms. The van der Waals surface area contributed by atoms with Crippen molar-refractivity contribution in [3.8, 4) is 0 Å². The molecular weight excluding hydrogens is 219 g/mol. The summed E-state index contributed by atoms with van der Waals surface area (Å²) in [5, 5.41) is 0. The smallest absolute Gasteiger partial charge is 0.192 e. The van der Waals surface area contributed by atoms with Gasteiger partial charge in [-0.25, -0.2) is 4.39 Å². The van der Waals surface area contributed by atoms with E-state index in [2.05, 4.69) is 16.9 Å². The Morgan fingerprint density at radius 2 is 2.24 bits per heavy atom. The van der Waals surface area contributed by atoms with Gasteiger partial charge in [-0.05, 0) is 25.5 Å². The molecule has 1 aromatic heterocycles. The van der Waals surface area contributed by atoms with Crippen molar-refractivity contribution in [2.75, 3.05) is 13.1 Å². The first-order valence-electron chi connectivity index (χ1n) is 5.83. The fourth-order valence-corrected chi connectivity index (χ4v) is 2.42. The van der Waals surface area contributed by atoms with Gasteiger partial charge in [0.1, 0.15) is 11.4 Å². The first kappa shape index (κ1) is 11.8. The molecule has 0 spiro atoms. The van der Waals surface area contributed by atoms with Crippen LogP contribution in [-0.2, 0) is 5.54 Å². The second-order valence-corrected chi connectivity index (χ2v) is 4.17. The molecular formula is C12H17FN4. The van der Waals surface area contributed by atoms with E-state index in [9.17, 15) is 4.39 Å². The van der Waals surface area contributed by atoms with Crippen molar-refractivity contribution in [2.24, 2.45) is 10.7 Å². The Bertz CT molecular complexity index is 429. The number of aliphatic imine (C=N–C) groups is 1. The van der Waals surface area contributed by atoms with Crippen molar-refractivity contribution in [3.63, 3.8) is 0 Å². The van der Waals surface area contributed by atoms with Gasteiger partial charge < -0.3 is 10.6 Å². The highest BCUT2D eigenvalue weighted by Gasteiger charge is 2.42. The zero-order valence-electron chi connectivity index (χ0n) is 10.2. The summed E-state index contributed by atoms with van der Waals surface area (Å²) in [4.78, 5) is 10.5. The summed E-state index contributed by atoms with van der Waals surface area (Å²) in [5.41, 5.74) is 6.40. The lowest BCUT2D eigenvalue weighted by molar-refractivity contribution is 0.195. The number of hydrogen-bond donors (Lipinski definition) is 1. The minimum absolute atomic E-state index is 0.313. The van der Waals surface area contributed by atoms with E-state index < -0.39 is 0 Å². The molecule has 2 heterocycles. The van der Waals surface area contributed by atoms with Crippen LogP contribution in [0.3, 0.4) is 0 Å². The lowest BCUT2D eigenvalue weighted by Crippen LogP contribution is -2.49. The molecule has 0 amide bonds. The second-order valence-electron chi connectivity index (χ2n) is 4.17. The predicted molar refractivity (Wildman–Crippen MR) is 65.0 cm³/mol. The normalized spacial score (nSPS) is 23.9. The van der Waals surface area contributed by atoms with Crippen LogP contribution in [0, 0.1) is 5.82 Å². The number of halogens is 1. The van der Waals surface area contributed by atoms with Gasteiger partial charge in [0.05, 0.1) is 18.4 Å². The average Bonchev–Trinajstić information content (AvgIpc) is 2.67. The summed E-state index contributed by atoms with van der Waals surface area (Å²) in [6.07, 6.45) is 2.08. The molecule has 1 atom stereocenters. The van der Waals surface area contributed by atoms with Crippen LogP contribution in [0.1, 0.15) is 26.0 Å². The van der Waals surface area contributed by atoms with E-state index in [1.165, 1.54) is 12.3 Å². The minimum Gasteiger partial charge on any atom is -0.370 e. The van der Waals surface area contributed by atoms with Crippen LogP contribution in [0.15, 0.2) is 23.3 Å². The molecule has 0 aromatic carbocycles. The fourth-order valence-electron chi connectivity index (χ4n) is 2.42. The van der Waals surface area contributed by atoms with Gasteiger partial charge in [-0.3, -0.25) is 9.98 Å². The van der Waals surface area contributed by atoms with Gasteiger partial charge in [0, 0.05) is 6.54 Å². The van der Waals surface area contributed by atoms with E-state index in [0.717, 1.165) is 18.7 Å². The number of rotatable bonds is 3. The third-order valence-corrected chi connectivity index (χ3v) is 3.40. The summed E-state index contributed by atoms with van der Waals surface area (Å²) in [6.45, 7) is 5.45. The van der Waals surface area contributed by atoms with Crippen LogP contribution in [0.5, 0.6) is 0 Å². The minimum atomic E-state index is -0.324. The van der Waals surface area contributed by atoms with E-state index >= 15 is 0 Å². The van der Waals surface area contributed by atoms with Crippen molar-refractivity contribution in [3.05, 3.63) is 29.8 Å². The highest BCUT2D eigenvalue weighted by molar-refractivity contribution is 5.81. The average molecular weight is 236 g/mol. The quantitative estimate of drug-likeness (QED) is 0.864. The maximum Gasteiger partial charge on any atom is 0.192 e. The van der Waals surface area contributed by atoms with Gasteiger partial charge in [0.25, 0.3) is 0 Å². The standard InChI is InChI=1S/C12H17FN4/c1-3-12(8-16-11(14)17(12)4-2)10-6-5-9(13)7-15-10/h5-7H,3-4,8H2,1-2H3,(H2,14,16). The molecule has 0 saturated carbocycles. The van der Waals surface area contributed by atoms with Gasteiger partial charge >= 0.3 is 0 Å². The molecule has 92 valence electrons. The maximum absolute atomic E-state index is 12.9. The molecule has 2 N–H and O–H groups in total. The van der Waals surface area contributed by atoms with Crippen LogP contribution >= 0.6 is 0 Å². The number of guanidine groups is 1. The van der Waals surface area contributed by atoms with Crippen LogP contribution in [0.25, 0.3) is 0 Å². The van der Waals surface area contributed by atoms with E-state index in [0.29, 0.717) is 12.5 Å². The number of hydrogen-bond acceptors (Lipinski definition) is 4. The molecule has 17 heavy (non-hydrogen) atoms. The Morgan fingerprint density at radius 3 is 2.76 bits per heavy atom. The molecule has 5 heteroatoms. The summed E-state index contributed by atoms with van der Waals surface area (Å²) < 4.78 is 12.9. The van der Waals surface area contributed by atoms with E-state index in [4.69, 9.17) is 5.73 Å². The molecule has 0 fully saturated rings. The Labute approximate surface area is 100 Å². The van der Waals surface area contributed by atoms with Crippen molar-refractivity contribution >= 4 is 5.96 Å². The zero-order chi connectivity index (χ0) is 12.5. The third-order valence-electron chi connectivity index (χ3n) is 3.40. The molecule has 1 aliphatic rings. The van der Waals surface area contributed by atoms with Gasteiger partial charge in [0.15, 0.2) is 5.96 Å². The van der Waals surface area contributed by atoms with E-state index in [1.807, 2.05) is 11.8 Å². The van der Waals surface area contributed by atoms with Crippen molar-refractivity contribution < 1.29 is 4.39 Å². The Balaban J connectivity index is 2.42. The van der Waals surface area contributed by atoms with Crippen LogP contribution in [-0.4, -0.2) is 28.9 Å². The second kappa shape index (κ2) is 4.31. The van der Waals surface area contributed by atoms with Gasteiger partial charge in [-0.15, -0.1) is 0 Å². The number of nitrogens with zero attached hydrogens (tertiary/aromatic N) is 3. The summed E-state index contributed by atoms with van der Waals surface area (Å²) in [7, 11) is 0. The van der Waals surface area contributed by atoms with Gasteiger partial charge in [0.2, 0.25) is 0 Å². The number of likely N-dealkylation sites (N-methyl/N-ethyl adjacent to an activating group) is 1. The van der Waals surface area contributed by atoms with Gasteiger partial charge in [-0.2, -0.15) is 0 Å². The fraction of sp³-hybridized carbons (Fsp3) is 0.500. The van der Waals surface area contributed by atoms with Crippen molar-refractivity contribution in [1.29, 1.82) is 0 Å². The maximum atomic E-state index is 12.9. The predicted octanol–water partition coefficient (Wildman–Crippen LogP) is 1.48. The van der Waals surface area contributed by atoms with E-state index in [-0.39, 0.29) is 11.4 Å². The Hall–Kier alpha value is -1.65. The van der Waals surface area contributed by atoms with Crippen LogP contribution in [0.4, 0.5) is 4.39 Å². The molecule has 0 saturated heterocycles. The van der Waals surface area contributed by atoms with E-state index in [1.54, 1.807) is 6.07 Å². The lowest BCUT2D eigenvalue weighted by atomic mass is 9.90. The molecule has 1 aliphatic heterocycles. The van der Waals surface area contributed by atoms with Gasteiger partial charge in [-0.1, -0.05) is 6.92 Å². The van der Waals surface area contributed by atoms with Crippen molar-refractivity contribution in [1.82, 2.24) is 9.88 Å². The number of nitrogens with two attached hydrogens (primary N) is 1. The molecule has 0 aliphatic carbocycles. The number of aromatic nitrogens is 1. The molecule has 1 unspecified atom stereocenters. The largest absolute Gasteiger partial charge is 0.370 e. The number of pyridine rings is 1. The molecule has 1 aromatic rings. The molecule has 2 rings (SSSR count). The highest BCUT2D eigenvalue weighted by atomic mass is 19.1. The highest BCUT2D eigenvalue weighted by Crippen LogP contribution is 2.34. The lowest BCUT2D eigenvalue weighted by Gasteiger charge is -2.37. The first-order chi connectivity index (χ1) is 8.14. The molecule has 0 radical (unpaired) electrons.